The van der Waals surface area contributed by atoms with Gasteiger partial charge in [-0.25, -0.2) is 9.37 Å². The molecule has 3 rings (SSSR count). The number of nitrogens with one attached hydrogen (secondary N) is 1. The lowest BCUT2D eigenvalue weighted by Gasteiger charge is -2.25. The van der Waals surface area contributed by atoms with E-state index in [1.807, 2.05) is 18.3 Å². The molecule has 1 aliphatic rings. The Bertz CT molecular complexity index is 608. The number of halogens is 1. The Balaban J connectivity index is 1.41. The van der Waals surface area contributed by atoms with Crippen molar-refractivity contribution in [1.82, 2.24) is 14.9 Å². The summed E-state index contributed by atoms with van der Waals surface area (Å²) in [4.78, 5) is 4.36. The Morgan fingerprint density at radius 2 is 2.27 bits per heavy atom. The summed E-state index contributed by atoms with van der Waals surface area (Å²) >= 11 is 0. The lowest BCUT2D eigenvalue weighted by Crippen LogP contribution is -2.35. The number of hydrogen-bond acceptors (Lipinski definition) is 2. The van der Waals surface area contributed by atoms with Crippen molar-refractivity contribution in [2.24, 2.45) is 5.92 Å². The molecule has 3 nitrogen and oxygen atoms in total. The molecule has 2 atom stereocenters. The van der Waals surface area contributed by atoms with Crippen molar-refractivity contribution >= 4 is 0 Å². The van der Waals surface area contributed by atoms with Gasteiger partial charge in [-0.3, -0.25) is 0 Å². The van der Waals surface area contributed by atoms with Crippen LogP contribution in [0.1, 0.15) is 31.2 Å². The fourth-order valence-electron chi connectivity index (χ4n) is 3.15. The monoisotopic (exact) mass is 301 g/mol. The first kappa shape index (κ1) is 15.2. The van der Waals surface area contributed by atoms with Crippen molar-refractivity contribution in [1.29, 1.82) is 0 Å². The summed E-state index contributed by atoms with van der Waals surface area (Å²) in [5, 5.41) is 3.61. The molecule has 4 heteroatoms. The maximum absolute atomic E-state index is 13.6. The van der Waals surface area contributed by atoms with Gasteiger partial charge in [-0.05, 0) is 50.3 Å². The number of rotatable bonds is 6. The Hall–Kier alpha value is -1.68. The number of aromatic nitrogens is 2. The van der Waals surface area contributed by atoms with E-state index in [1.165, 1.54) is 18.3 Å². The highest BCUT2D eigenvalue weighted by Gasteiger charge is 2.19. The molecule has 0 bridgehead atoms. The number of benzene rings is 1. The molecule has 0 radical (unpaired) electrons. The molecule has 118 valence electrons. The molecular formula is C18H24FN3. The second-order valence-electron chi connectivity index (χ2n) is 6.34. The third-order valence-corrected chi connectivity index (χ3v) is 4.59. The van der Waals surface area contributed by atoms with E-state index in [0.717, 1.165) is 37.9 Å². The van der Waals surface area contributed by atoms with E-state index >= 15 is 0 Å². The smallest absolute Gasteiger partial charge is 0.126 e. The van der Waals surface area contributed by atoms with Gasteiger partial charge in [0.15, 0.2) is 0 Å². The van der Waals surface area contributed by atoms with Crippen LogP contribution in [0.4, 0.5) is 4.39 Å². The van der Waals surface area contributed by atoms with Crippen LogP contribution in [0.25, 0.3) is 0 Å². The van der Waals surface area contributed by atoms with Gasteiger partial charge in [-0.15, -0.1) is 0 Å². The van der Waals surface area contributed by atoms with Gasteiger partial charge in [-0.1, -0.05) is 18.2 Å². The molecule has 0 fully saturated rings. The van der Waals surface area contributed by atoms with Gasteiger partial charge < -0.3 is 9.88 Å². The van der Waals surface area contributed by atoms with Gasteiger partial charge >= 0.3 is 0 Å². The standard InChI is InChI=1S/C18H24FN3/c1-14(6-8-16-4-2-3-5-17(16)19)21-12-15-7-9-18-20-10-11-22(18)13-15/h2-5,10-11,14-15,21H,6-9,12-13H2,1H3/t14-,15+/m1/s1. The summed E-state index contributed by atoms with van der Waals surface area (Å²) in [7, 11) is 0. The molecule has 1 aliphatic heterocycles. The molecule has 2 aromatic rings. The van der Waals surface area contributed by atoms with E-state index < -0.39 is 0 Å². The number of fused-ring (bicyclic) bond motifs is 1. The van der Waals surface area contributed by atoms with Crippen LogP contribution >= 0.6 is 0 Å². The van der Waals surface area contributed by atoms with Crippen molar-refractivity contribution < 1.29 is 4.39 Å². The summed E-state index contributed by atoms with van der Waals surface area (Å²) in [5.74, 6) is 1.79. The fourth-order valence-corrected chi connectivity index (χ4v) is 3.15. The second kappa shape index (κ2) is 7.05. The highest BCUT2D eigenvalue weighted by molar-refractivity contribution is 5.17. The first-order valence-corrected chi connectivity index (χ1v) is 8.19. The molecule has 0 spiro atoms. The highest BCUT2D eigenvalue weighted by atomic mass is 19.1. The zero-order valence-electron chi connectivity index (χ0n) is 13.1. The summed E-state index contributed by atoms with van der Waals surface area (Å²) in [6, 6.07) is 7.47. The molecule has 0 saturated heterocycles. The average Bonchev–Trinajstić information content (AvgIpc) is 2.99. The van der Waals surface area contributed by atoms with Gasteiger partial charge in [0, 0.05) is 31.4 Å². The molecule has 0 unspecified atom stereocenters. The normalized spacial score (nSPS) is 18.9. The van der Waals surface area contributed by atoms with Crippen LogP contribution in [0.2, 0.25) is 0 Å². The Morgan fingerprint density at radius 1 is 1.41 bits per heavy atom. The first-order valence-electron chi connectivity index (χ1n) is 8.19. The predicted octanol–water partition coefficient (Wildman–Crippen LogP) is 3.20. The van der Waals surface area contributed by atoms with Gasteiger partial charge in [0.05, 0.1) is 0 Å². The minimum atomic E-state index is -0.0883. The minimum Gasteiger partial charge on any atom is -0.335 e. The first-order chi connectivity index (χ1) is 10.7. The zero-order chi connectivity index (χ0) is 15.4. The number of nitrogens with zero attached hydrogens (tertiary/aromatic N) is 2. The molecular weight excluding hydrogens is 277 g/mol. The average molecular weight is 301 g/mol. The lowest BCUT2D eigenvalue weighted by molar-refractivity contribution is 0.331. The molecule has 0 saturated carbocycles. The molecule has 0 amide bonds. The topological polar surface area (TPSA) is 29.9 Å². The van der Waals surface area contributed by atoms with E-state index in [9.17, 15) is 4.39 Å². The van der Waals surface area contributed by atoms with E-state index in [-0.39, 0.29) is 5.82 Å². The molecule has 2 heterocycles. The van der Waals surface area contributed by atoms with Gasteiger partial charge in [0.1, 0.15) is 11.6 Å². The SMILES string of the molecule is C[C@H](CCc1ccccc1F)NC[C@@H]1CCc2nccn2C1. The van der Waals surface area contributed by atoms with Crippen molar-refractivity contribution in [3.63, 3.8) is 0 Å². The van der Waals surface area contributed by atoms with Crippen LogP contribution in [0.3, 0.4) is 0 Å². The van der Waals surface area contributed by atoms with E-state index in [2.05, 4.69) is 28.0 Å². The molecule has 1 N–H and O–H groups in total. The molecule has 22 heavy (non-hydrogen) atoms. The predicted molar refractivity (Wildman–Crippen MR) is 86.2 cm³/mol. The number of imidazole rings is 1. The van der Waals surface area contributed by atoms with Crippen LogP contribution in [0, 0.1) is 11.7 Å². The van der Waals surface area contributed by atoms with Gasteiger partial charge in [-0.2, -0.15) is 0 Å². The molecule has 1 aromatic heterocycles. The van der Waals surface area contributed by atoms with Crippen LogP contribution in [-0.4, -0.2) is 22.1 Å². The molecule has 0 aliphatic carbocycles. The number of aryl methyl sites for hydroxylation is 2. The Labute approximate surface area is 131 Å². The van der Waals surface area contributed by atoms with E-state index in [1.54, 1.807) is 6.07 Å². The Kier molecular flexibility index (Phi) is 4.88. The lowest BCUT2D eigenvalue weighted by atomic mass is 9.98. The Morgan fingerprint density at radius 3 is 3.14 bits per heavy atom. The third kappa shape index (κ3) is 3.74. The minimum absolute atomic E-state index is 0.0883. The van der Waals surface area contributed by atoms with Crippen molar-refractivity contribution in [2.75, 3.05) is 6.54 Å². The van der Waals surface area contributed by atoms with E-state index in [0.29, 0.717) is 12.0 Å². The van der Waals surface area contributed by atoms with Crippen molar-refractivity contribution in [3.8, 4) is 0 Å². The largest absolute Gasteiger partial charge is 0.335 e. The van der Waals surface area contributed by atoms with Crippen LogP contribution in [-0.2, 0) is 19.4 Å². The number of hydrogen-bond donors (Lipinski definition) is 1. The van der Waals surface area contributed by atoms with Crippen LogP contribution in [0.15, 0.2) is 36.7 Å². The van der Waals surface area contributed by atoms with E-state index in [4.69, 9.17) is 0 Å². The molecule has 1 aromatic carbocycles. The summed E-state index contributed by atoms with van der Waals surface area (Å²) in [5.41, 5.74) is 0.817. The third-order valence-electron chi connectivity index (χ3n) is 4.59. The zero-order valence-corrected chi connectivity index (χ0v) is 13.1. The summed E-state index contributed by atoms with van der Waals surface area (Å²) < 4.78 is 15.9. The summed E-state index contributed by atoms with van der Waals surface area (Å²) in [6.45, 7) is 4.27. The quantitative estimate of drug-likeness (QED) is 0.888. The maximum atomic E-state index is 13.6. The van der Waals surface area contributed by atoms with Crippen molar-refractivity contribution in [2.45, 2.75) is 45.2 Å². The van der Waals surface area contributed by atoms with Crippen LogP contribution < -0.4 is 5.32 Å². The highest BCUT2D eigenvalue weighted by Crippen LogP contribution is 2.18. The van der Waals surface area contributed by atoms with Gasteiger partial charge in [0.2, 0.25) is 0 Å². The summed E-state index contributed by atoms with van der Waals surface area (Å²) in [6.07, 6.45) is 7.99. The fraction of sp³-hybridized carbons (Fsp3) is 0.500. The van der Waals surface area contributed by atoms with Crippen molar-refractivity contribution in [3.05, 3.63) is 53.9 Å². The van der Waals surface area contributed by atoms with Gasteiger partial charge in [0.25, 0.3) is 0 Å². The second-order valence-corrected chi connectivity index (χ2v) is 6.34. The maximum Gasteiger partial charge on any atom is 0.126 e. The van der Waals surface area contributed by atoms with Crippen LogP contribution in [0.5, 0.6) is 0 Å².